The minimum absolute atomic E-state index is 0.0113. The van der Waals surface area contributed by atoms with Crippen molar-refractivity contribution in [3.63, 3.8) is 0 Å². The first kappa shape index (κ1) is 37.6. The summed E-state index contributed by atoms with van der Waals surface area (Å²) in [6, 6.07) is 24.7. The van der Waals surface area contributed by atoms with E-state index >= 15 is 0 Å². The minimum Gasteiger partial charge on any atom is -0.457 e. The highest BCUT2D eigenvalue weighted by Gasteiger charge is 2.19. The number of carbonyl (C=O) groups is 4. The van der Waals surface area contributed by atoms with Gasteiger partial charge < -0.3 is 28.4 Å². The van der Waals surface area contributed by atoms with E-state index in [0.717, 1.165) is 23.3 Å². The Balaban J connectivity index is 1.20. The molecule has 0 saturated carbocycles. The molecule has 4 aromatic rings. The van der Waals surface area contributed by atoms with Gasteiger partial charge >= 0.3 is 23.9 Å². The summed E-state index contributed by atoms with van der Waals surface area (Å²) in [7, 11) is -3.91. The lowest BCUT2D eigenvalue weighted by Gasteiger charge is -2.09. The predicted molar refractivity (Wildman–Crippen MR) is 183 cm³/mol. The van der Waals surface area contributed by atoms with Gasteiger partial charge in [0.25, 0.3) is 0 Å². The lowest BCUT2D eigenvalue weighted by atomic mass is 10.1. The fourth-order valence-corrected chi connectivity index (χ4v) is 5.56. The summed E-state index contributed by atoms with van der Waals surface area (Å²) in [4.78, 5) is 46.9. The van der Waals surface area contributed by atoms with E-state index in [4.69, 9.17) is 28.4 Å². The van der Waals surface area contributed by atoms with Crippen LogP contribution in [0.5, 0.6) is 23.0 Å². The standard InChI is InChI=1S/C38H34O12S/c1-3-35(39)47-25-45-29-11-5-27(6-12-29)9-23-37(41)49-31-15-19-33(20-16-31)51(43,44)34-21-17-32(18-22-34)50-38(42)24-10-28-7-13-30(14-8-28)46-26-48-36(40)4-2/h3-8,11-22H,1-2,9-10,23-26H2. The van der Waals surface area contributed by atoms with Crippen molar-refractivity contribution in [2.45, 2.75) is 35.5 Å². The Hall–Kier alpha value is -6.21. The summed E-state index contributed by atoms with van der Waals surface area (Å²) in [5, 5.41) is 0. The number of rotatable bonds is 18. The third-order valence-corrected chi connectivity index (χ3v) is 8.79. The lowest BCUT2D eigenvalue weighted by Crippen LogP contribution is -2.10. The highest BCUT2D eigenvalue weighted by atomic mass is 32.2. The monoisotopic (exact) mass is 714 g/mol. The average Bonchev–Trinajstić information content (AvgIpc) is 3.14. The van der Waals surface area contributed by atoms with E-state index < -0.39 is 33.7 Å². The molecule has 4 rings (SSSR count). The number of carbonyl (C=O) groups excluding carboxylic acids is 4. The smallest absolute Gasteiger partial charge is 0.333 e. The summed E-state index contributed by atoms with van der Waals surface area (Å²) in [6.45, 7) is 6.09. The second-order valence-electron chi connectivity index (χ2n) is 10.5. The van der Waals surface area contributed by atoms with Gasteiger partial charge in [-0.15, -0.1) is 0 Å². The van der Waals surface area contributed by atoms with E-state index in [9.17, 15) is 27.6 Å². The maximum absolute atomic E-state index is 13.2. The second-order valence-corrected chi connectivity index (χ2v) is 12.5. The van der Waals surface area contributed by atoms with Gasteiger partial charge in [-0.3, -0.25) is 9.59 Å². The SMILES string of the molecule is C=CC(=O)OCOc1ccc(CCC(=O)Oc2ccc(S(=O)(=O)c3ccc(OC(=O)CCc4ccc(OCOC(=O)C=C)cc4)cc3)cc2)cc1. The van der Waals surface area contributed by atoms with Crippen LogP contribution in [0.3, 0.4) is 0 Å². The molecular formula is C38H34O12S. The van der Waals surface area contributed by atoms with Gasteiger partial charge in [-0.1, -0.05) is 37.4 Å². The van der Waals surface area contributed by atoms with E-state index in [1.54, 1.807) is 48.5 Å². The molecule has 0 heterocycles. The molecule has 0 aliphatic carbocycles. The van der Waals surface area contributed by atoms with E-state index in [-0.39, 0.29) is 47.7 Å². The summed E-state index contributed by atoms with van der Waals surface area (Å²) in [6.07, 6.45) is 3.01. The van der Waals surface area contributed by atoms with Gasteiger partial charge in [-0.2, -0.15) is 0 Å². The Morgan fingerprint density at radius 2 is 0.843 bits per heavy atom. The zero-order valence-corrected chi connectivity index (χ0v) is 28.2. The van der Waals surface area contributed by atoms with Crippen LogP contribution in [0.15, 0.2) is 132 Å². The highest BCUT2D eigenvalue weighted by Crippen LogP contribution is 2.26. The predicted octanol–water partition coefficient (Wildman–Crippen LogP) is 5.73. The third kappa shape index (κ3) is 12.0. The first-order valence-electron chi connectivity index (χ1n) is 15.4. The van der Waals surface area contributed by atoms with Crippen LogP contribution in [-0.2, 0) is 51.3 Å². The van der Waals surface area contributed by atoms with E-state index in [1.165, 1.54) is 48.5 Å². The van der Waals surface area contributed by atoms with Crippen LogP contribution >= 0.6 is 0 Å². The molecule has 4 aromatic carbocycles. The van der Waals surface area contributed by atoms with Gasteiger partial charge in [0.05, 0.1) is 9.79 Å². The molecule has 0 saturated heterocycles. The number of sulfone groups is 1. The number of ether oxygens (including phenoxy) is 6. The zero-order valence-electron chi connectivity index (χ0n) is 27.4. The van der Waals surface area contributed by atoms with Crippen LogP contribution < -0.4 is 18.9 Å². The largest absolute Gasteiger partial charge is 0.457 e. The molecule has 0 spiro atoms. The molecule has 0 aromatic heterocycles. The van der Waals surface area contributed by atoms with Gasteiger partial charge in [-0.25, -0.2) is 18.0 Å². The van der Waals surface area contributed by atoms with Crippen LogP contribution in [-0.4, -0.2) is 45.9 Å². The third-order valence-electron chi connectivity index (χ3n) is 7.00. The van der Waals surface area contributed by atoms with Gasteiger partial charge in [0, 0.05) is 25.0 Å². The topological polar surface area (TPSA) is 158 Å². The maximum atomic E-state index is 13.2. The molecule has 0 N–H and O–H groups in total. The zero-order chi connectivity index (χ0) is 36.6. The summed E-state index contributed by atoms with van der Waals surface area (Å²) < 4.78 is 57.2. The molecule has 13 heteroatoms. The molecule has 0 unspecified atom stereocenters. The fourth-order valence-electron chi connectivity index (χ4n) is 4.30. The van der Waals surface area contributed by atoms with Crippen molar-refractivity contribution < 1.29 is 56.0 Å². The minimum atomic E-state index is -3.91. The molecule has 0 aliphatic heterocycles. The van der Waals surface area contributed by atoms with Crippen LogP contribution in [0.25, 0.3) is 0 Å². The second kappa shape index (κ2) is 18.5. The summed E-state index contributed by atoms with van der Waals surface area (Å²) in [5.41, 5.74) is 1.71. The van der Waals surface area contributed by atoms with E-state index in [1.807, 2.05) is 0 Å². The Morgan fingerprint density at radius 1 is 0.510 bits per heavy atom. The molecule has 51 heavy (non-hydrogen) atoms. The number of esters is 4. The Morgan fingerprint density at radius 3 is 1.18 bits per heavy atom. The normalized spacial score (nSPS) is 10.7. The van der Waals surface area contributed by atoms with Crippen LogP contribution in [0, 0.1) is 0 Å². The van der Waals surface area contributed by atoms with Crippen molar-refractivity contribution >= 4 is 33.7 Å². The molecule has 0 fully saturated rings. The van der Waals surface area contributed by atoms with Gasteiger partial charge in [0.15, 0.2) is 0 Å². The van der Waals surface area contributed by atoms with Crippen molar-refractivity contribution in [1.29, 1.82) is 0 Å². The molecule has 0 aliphatic rings. The van der Waals surface area contributed by atoms with Gasteiger partial charge in [0.2, 0.25) is 23.4 Å². The van der Waals surface area contributed by atoms with Gasteiger partial charge in [0.1, 0.15) is 23.0 Å². The van der Waals surface area contributed by atoms with Crippen LogP contribution in [0.1, 0.15) is 24.0 Å². The molecule has 12 nitrogen and oxygen atoms in total. The number of benzene rings is 4. The first-order chi connectivity index (χ1) is 24.5. The van der Waals surface area contributed by atoms with Crippen LogP contribution in [0.2, 0.25) is 0 Å². The first-order valence-corrected chi connectivity index (χ1v) is 16.9. The van der Waals surface area contributed by atoms with Gasteiger partial charge in [-0.05, 0) is 96.8 Å². The highest BCUT2D eigenvalue weighted by molar-refractivity contribution is 7.91. The van der Waals surface area contributed by atoms with E-state index in [2.05, 4.69) is 13.2 Å². The fraction of sp³-hybridized carbons (Fsp3) is 0.158. The summed E-state index contributed by atoms with van der Waals surface area (Å²) >= 11 is 0. The number of hydrogen-bond acceptors (Lipinski definition) is 12. The van der Waals surface area contributed by atoms with Crippen molar-refractivity contribution in [2.75, 3.05) is 13.6 Å². The Labute approximate surface area is 294 Å². The Kier molecular flexibility index (Phi) is 13.7. The molecular weight excluding hydrogens is 680 g/mol. The molecule has 0 amide bonds. The van der Waals surface area contributed by atoms with Crippen molar-refractivity contribution in [3.8, 4) is 23.0 Å². The Bertz CT molecular complexity index is 1800. The quantitative estimate of drug-likeness (QED) is 0.0535. The molecule has 0 bridgehead atoms. The lowest BCUT2D eigenvalue weighted by molar-refractivity contribution is -0.145. The summed E-state index contributed by atoms with van der Waals surface area (Å²) in [5.74, 6) is -0.838. The maximum Gasteiger partial charge on any atom is 0.333 e. The number of aryl methyl sites for hydroxylation is 2. The average molecular weight is 715 g/mol. The van der Waals surface area contributed by atoms with Crippen LogP contribution in [0.4, 0.5) is 0 Å². The molecule has 0 radical (unpaired) electrons. The van der Waals surface area contributed by atoms with Crippen molar-refractivity contribution in [2.24, 2.45) is 0 Å². The molecule has 0 atom stereocenters. The molecule has 264 valence electrons. The van der Waals surface area contributed by atoms with E-state index in [0.29, 0.717) is 24.3 Å². The van der Waals surface area contributed by atoms with Crippen molar-refractivity contribution in [3.05, 3.63) is 133 Å². The number of hydrogen-bond donors (Lipinski definition) is 0. The van der Waals surface area contributed by atoms with Crippen molar-refractivity contribution in [1.82, 2.24) is 0 Å².